The van der Waals surface area contributed by atoms with Gasteiger partial charge in [-0.1, -0.05) is 0 Å². The van der Waals surface area contributed by atoms with Crippen LogP contribution in [0.3, 0.4) is 0 Å². The maximum absolute atomic E-state index is 13.1. The Morgan fingerprint density at radius 3 is 2.76 bits per heavy atom. The van der Waals surface area contributed by atoms with Crippen LogP contribution in [-0.2, 0) is 16.0 Å². The number of nitrogen functional groups attached to an aromatic ring is 1. The molecule has 0 radical (unpaired) electrons. The van der Waals surface area contributed by atoms with Gasteiger partial charge in [-0.25, -0.2) is 13.8 Å². The quantitative estimate of drug-likeness (QED) is 0.652. The summed E-state index contributed by atoms with van der Waals surface area (Å²) in [5, 5.41) is 0. The highest BCUT2D eigenvalue weighted by atomic mass is 19.3. The van der Waals surface area contributed by atoms with Crippen molar-refractivity contribution in [3.63, 3.8) is 0 Å². The molecule has 0 aliphatic carbocycles. The molecule has 1 heterocycles. The SMILES string of the molecule is CCOC(=O)Cc1nc(F)c(C(F)F)cc1N. The number of pyridine rings is 1. The van der Waals surface area contributed by atoms with E-state index in [1.807, 2.05) is 0 Å². The van der Waals surface area contributed by atoms with E-state index in [0.717, 1.165) is 6.07 Å². The fraction of sp³-hybridized carbons (Fsp3) is 0.400. The van der Waals surface area contributed by atoms with Crippen LogP contribution in [0.4, 0.5) is 18.9 Å². The van der Waals surface area contributed by atoms with Gasteiger partial charge < -0.3 is 10.5 Å². The lowest BCUT2D eigenvalue weighted by Gasteiger charge is -2.08. The van der Waals surface area contributed by atoms with Crippen molar-refractivity contribution < 1.29 is 22.7 Å². The van der Waals surface area contributed by atoms with Crippen LogP contribution in [0.2, 0.25) is 0 Å². The highest BCUT2D eigenvalue weighted by Crippen LogP contribution is 2.24. The molecule has 0 aliphatic rings. The first-order valence-corrected chi connectivity index (χ1v) is 4.84. The highest BCUT2D eigenvalue weighted by Gasteiger charge is 2.19. The first kappa shape index (κ1) is 13.3. The van der Waals surface area contributed by atoms with Crippen molar-refractivity contribution in [2.75, 3.05) is 12.3 Å². The molecule has 0 aliphatic heterocycles. The summed E-state index contributed by atoms with van der Waals surface area (Å²) in [6, 6.07) is 0.779. The summed E-state index contributed by atoms with van der Waals surface area (Å²) < 4.78 is 42.3. The largest absolute Gasteiger partial charge is 0.466 e. The number of alkyl halides is 2. The zero-order valence-electron chi connectivity index (χ0n) is 9.04. The summed E-state index contributed by atoms with van der Waals surface area (Å²) in [5.74, 6) is -1.97. The van der Waals surface area contributed by atoms with E-state index in [9.17, 15) is 18.0 Å². The van der Waals surface area contributed by atoms with E-state index in [-0.39, 0.29) is 24.4 Å². The Hall–Kier alpha value is -1.79. The third-order valence-corrected chi connectivity index (χ3v) is 1.97. The topological polar surface area (TPSA) is 65.2 Å². The molecule has 2 N–H and O–H groups in total. The Kier molecular flexibility index (Phi) is 4.30. The molecule has 1 aromatic rings. The molecule has 0 bridgehead atoms. The third kappa shape index (κ3) is 3.33. The summed E-state index contributed by atoms with van der Waals surface area (Å²) in [4.78, 5) is 14.4. The van der Waals surface area contributed by atoms with Crippen molar-refractivity contribution in [1.29, 1.82) is 0 Å². The number of carbonyl (C=O) groups excluding carboxylic acids is 1. The van der Waals surface area contributed by atoms with Gasteiger partial charge in [-0.15, -0.1) is 0 Å². The van der Waals surface area contributed by atoms with Gasteiger partial charge in [0.1, 0.15) is 0 Å². The van der Waals surface area contributed by atoms with Gasteiger partial charge in [0.25, 0.3) is 6.43 Å². The third-order valence-electron chi connectivity index (χ3n) is 1.97. The molecule has 1 aromatic heterocycles. The molecule has 0 fully saturated rings. The number of nitrogens with zero attached hydrogens (tertiary/aromatic N) is 1. The van der Waals surface area contributed by atoms with Crippen molar-refractivity contribution in [3.05, 3.63) is 23.3 Å². The molecular weight excluding hydrogens is 237 g/mol. The first-order chi connectivity index (χ1) is 7.95. The van der Waals surface area contributed by atoms with Gasteiger partial charge in [-0.3, -0.25) is 4.79 Å². The van der Waals surface area contributed by atoms with Gasteiger partial charge in [-0.2, -0.15) is 4.39 Å². The van der Waals surface area contributed by atoms with Crippen LogP contribution in [0, 0.1) is 5.95 Å². The average molecular weight is 248 g/mol. The molecule has 0 saturated carbocycles. The van der Waals surface area contributed by atoms with Crippen LogP contribution < -0.4 is 5.73 Å². The zero-order valence-corrected chi connectivity index (χ0v) is 9.04. The normalized spacial score (nSPS) is 10.6. The highest BCUT2D eigenvalue weighted by molar-refractivity contribution is 5.74. The number of hydrogen-bond acceptors (Lipinski definition) is 4. The second-order valence-electron chi connectivity index (χ2n) is 3.19. The van der Waals surface area contributed by atoms with E-state index in [1.165, 1.54) is 0 Å². The molecule has 7 heteroatoms. The summed E-state index contributed by atoms with van der Waals surface area (Å²) >= 11 is 0. The lowest BCUT2D eigenvalue weighted by Crippen LogP contribution is -2.12. The van der Waals surface area contributed by atoms with Crippen molar-refractivity contribution >= 4 is 11.7 Å². The summed E-state index contributed by atoms with van der Waals surface area (Å²) in [5.41, 5.74) is 4.26. The maximum atomic E-state index is 13.1. The lowest BCUT2D eigenvalue weighted by atomic mass is 10.2. The monoisotopic (exact) mass is 248 g/mol. The number of ether oxygens (including phenoxy) is 1. The predicted molar refractivity (Wildman–Crippen MR) is 53.9 cm³/mol. The Morgan fingerprint density at radius 1 is 1.59 bits per heavy atom. The van der Waals surface area contributed by atoms with Crippen LogP contribution >= 0.6 is 0 Å². The molecule has 0 saturated heterocycles. The van der Waals surface area contributed by atoms with Gasteiger partial charge in [0.05, 0.1) is 30.0 Å². The van der Waals surface area contributed by atoms with Crippen LogP contribution in [-0.4, -0.2) is 17.6 Å². The van der Waals surface area contributed by atoms with Crippen LogP contribution in [0.1, 0.15) is 24.6 Å². The number of aromatic nitrogens is 1. The smallest absolute Gasteiger partial charge is 0.311 e. The Morgan fingerprint density at radius 2 is 2.24 bits per heavy atom. The van der Waals surface area contributed by atoms with Gasteiger partial charge in [0.15, 0.2) is 0 Å². The van der Waals surface area contributed by atoms with Crippen molar-refractivity contribution in [3.8, 4) is 0 Å². The minimum atomic E-state index is -3.00. The van der Waals surface area contributed by atoms with Gasteiger partial charge >= 0.3 is 5.97 Å². The van der Waals surface area contributed by atoms with Gasteiger partial charge in [0.2, 0.25) is 5.95 Å². The van der Waals surface area contributed by atoms with E-state index >= 15 is 0 Å². The molecule has 1 rings (SSSR count). The van der Waals surface area contributed by atoms with E-state index < -0.39 is 23.9 Å². The second kappa shape index (κ2) is 5.51. The van der Waals surface area contributed by atoms with Crippen LogP contribution in [0.25, 0.3) is 0 Å². The van der Waals surface area contributed by atoms with Gasteiger partial charge in [0, 0.05) is 0 Å². The fourth-order valence-corrected chi connectivity index (χ4v) is 1.20. The van der Waals surface area contributed by atoms with Crippen LogP contribution in [0.15, 0.2) is 6.07 Å². The number of hydrogen-bond donors (Lipinski definition) is 1. The van der Waals surface area contributed by atoms with Crippen molar-refractivity contribution in [2.45, 2.75) is 19.8 Å². The summed E-state index contributed by atoms with van der Waals surface area (Å²) in [6.45, 7) is 1.77. The molecule has 0 unspecified atom stereocenters. The molecule has 4 nitrogen and oxygen atoms in total. The number of halogens is 3. The molecule has 17 heavy (non-hydrogen) atoms. The summed E-state index contributed by atoms with van der Waals surface area (Å²) in [7, 11) is 0. The first-order valence-electron chi connectivity index (χ1n) is 4.84. The number of esters is 1. The molecule has 0 aromatic carbocycles. The van der Waals surface area contributed by atoms with Crippen molar-refractivity contribution in [2.24, 2.45) is 0 Å². The van der Waals surface area contributed by atoms with E-state index in [1.54, 1.807) is 6.92 Å². The number of rotatable bonds is 4. The predicted octanol–water partition coefficient (Wildman–Crippen LogP) is 1.85. The average Bonchev–Trinajstić information content (AvgIpc) is 2.22. The maximum Gasteiger partial charge on any atom is 0.311 e. The Balaban J connectivity index is 2.95. The Bertz CT molecular complexity index is 424. The fourth-order valence-electron chi connectivity index (χ4n) is 1.20. The number of anilines is 1. The van der Waals surface area contributed by atoms with Crippen LogP contribution in [0.5, 0.6) is 0 Å². The lowest BCUT2D eigenvalue weighted by molar-refractivity contribution is -0.142. The molecule has 94 valence electrons. The molecule has 0 amide bonds. The minimum Gasteiger partial charge on any atom is -0.466 e. The minimum absolute atomic E-state index is 0.106. The molecular formula is C10H11F3N2O2. The van der Waals surface area contributed by atoms with E-state index in [0.29, 0.717) is 0 Å². The number of nitrogens with two attached hydrogens (primary N) is 1. The second-order valence-corrected chi connectivity index (χ2v) is 3.19. The number of carbonyl (C=O) groups is 1. The molecule has 0 atom stereocenters. The van der Waals surface area contributed by atoms with Gasteiger partial charge in [-0.05, 0) is 13.0 Å². The molecule has 0 spiro atoms. The zero-order chi connectivity index (χ0) is 13.0. The van der Waals surface area contributed by atoms with E-state index in [2.05, 4.69) is 9.72 Å². The Labute approximate surface area is 95.6 Å². The standard InChI is InChI=1S/C10H11F3N2O2/c1-2-17-8(16)4-7-6(14)3-5(9(11)12)10(13)15-7/h3,9H,2,4,14H2,1H3. The van der Waals surface area contributed by atoms with Crippen molar-refractivity contribution in [1.82, 2.24) is 4.98 Å². The van der Waals surface area contributed by atoms with E-state index in [4.69, 9.17) is 5.73 Å². The summed E-state index contributed by atoms with van der Waals surface area (Å²) in [6.07, 6.45) is -3.35.